The number of hydrogen-bond acceptors (Lipinski definition) is 4. The van der Waals surface area contributed by atoms with Gasteiger partial charge in [-0.15, -0.1) is 16.8 Å². The van der Waals surface area contributed by atoms with Gasteiger partial charge < -0.3 is 4.74 Å². The third-order valence-electron chi connectivity index (χ3n) is 4.16. The molecule has 3 rings (SSSR count). The molecule has 0 amide bonds. The van der Waals surface area contributed by atoms with Crippen molar-refractivity contribution in [1.29, 1.82) is 0 Å². The van der Waals surface area contributed by atoms with Crippen molar-refractivity contribution in [2.45, 2.75) is 37.4 Å². The molecule has 0 spiro atoms. The van der Waals surface area contributed by atoms with Crippen LogP contribution in [0.3, 0.4) is 0 Å². The van der Waals surface area contributed by atoms with Gasteiger partial charge in [0.25, 0.3) is 0 Å². The minimum absolute atomic E-state index is 0.347. The summed E-state index contributed by atoms with van der Waals surface area (Å²) in [7, 11) is 0. The Kier molecular flexibility index (Phi) is 7.43. The van der Waals surface area contributed by atoms with Crippen molar-refractivity contribution in [3.05, 3.63) is 82.1 Å². The zero-order valence-electron chi connectivity index (χ0n) is 15.6. The van der Waals surface area contributed by atoms with Gasteiger partial charge in [-0.05, 0) is 41.8 Å². The quantitative estimate of drug-likeness (QED) is 0.297. The summed E-state index contributed by atoms with van der Waals surface area (Å²) >= 11 is 13.7. The molecule has 1 aromatic heterocycles. The van der Waals surface area contributed by atoms with Gasteiger partial charge in [0.05, 0.1) is 10.0 Å². The number of thioether (sulfide) groups is 1. The molecular formula is C21H21Cl2N3OS. The molecule has 0 atom stereocenters. The Morgan fingerprint density at radius 3 is 2.50 bits per heavy atom. The number of ether oxygens (including phenoxy) is 1. The molecule has 3 aromatic rings. The van der Waals surface area contributed by atoms with Crippen molar-refractivity contribution in [3.63, 3.8) is 0 Å². The standard InChI is InChI=1S/C21H21Cl2N3OS/c1-3-11-26-20(13-27-17-8-5-15(4-2)6-9-17)24-25-21(26)28-14-16-7-10-18(22)19(23)12-16/h3,5-10,12H,1,4,11,13-14H2,2H3. The Bertz CT molecular complexity index is 941. The van der Waals surface area contributed by atoms with Crippen LogP contribution in [0.4, 0.5) is 0 Å². The first-order chi connectivity index (χ1) is 13.6. The molecule has 0 N–H and O–H groups in total. The Labute approximate surface area is 179 Å². The molecule has 4 nitrogen and oxygen atoms in total. The highest BCUT2D eigenvalue weighted by molar-refractivity contribution is 7.98. The van der Waals surface area contributed by atoms with Gasteiger partial charge in [0, 0.05) is 12.3 Å². The van der Waals surface area contributed by atoms with Crippen LogP contribution >= 0.6 is 35.0 Å². The molecule has 7 heteroatoms. The van der Waals surface area contributed by atoms with Crippen molar-refractivity contribution < 1.29 is 4.74 Å². The molecule has 2 aromatic carbocycles. The van der Waals surface area contributed by atoms with Gasteiger partial charge in [0.2, 0.25) is 0 Å². The van der Waals surface area contributed by atoms with Gasteiger partial charge in [0.1, 0.15) is 12.4 Å². The lowest BCUT2D eigenvalue weighted by Crippen LogP contribution is -2.07. The maximum atomic E-state index is 6.09. The number of rotatable bonds is 9. The number of aryl methyl sites for hydroxylation is 1. The average Bonchev–Trinajstić information content (AvgIpc) is 3.09. The van der Waals surface area contributed by atoms with Crippen LogP contribution in [0.1, 0.15) is 23.9 Å². The van der Waals surface area contributed by atoms with Gasteiger partial charge in [-0.3, -0.25) is 4.57 Å². The highest BCUT2D eigenvalue weighted by Crippen LogP contribution is 2.27. The summed E-state index contributed by atoms with van der Waals surface area (Å²) in [5.74, 6) is 2.29. The second-order valence-corrected chi connectivity index (χ2v) is 7.88. The van der Waals surface area contributed by atoms with Crippen LogP contribution in [0.5, 0.6) is 5.75 Å². The number of hydrogen-bond donors (Lipinski definition) is 0. The number of allylic oxidation sites excluding steroid dienone is 1. The highest BCUT2D eigenvalue weighted by atomic mass is 35.5. The van der Waals surface area contributed by atoms with E-state index in [9.17, 15) is 0 Å². The van der Waals surface area contributed by atoms with Crippen molar-refractivity contribution in [1.82, 2.24) is 14.8 Å². The molecule has 0 aliphatic heterocycles. The molecule has 0 aliphatic rings. The van der Waals surface area contributed by atoms with Gasteiger partial charge in [-0.1, -0.05) is 66.2 Å². The smallest absolute Gasteiger partial charge is 0.191 e. The summed E-state index contributed by atoms with van der Waals surface area (Å²) in [6.45, 7) is 6.93. The van der Waals surface area contributed by atoms with Gasteiger partial charge >= 0.3 is 0 Å². The van der Waals surface area contributed by atoms with E-state index in [1.165, 1.54) is 5.56 Å². The summed E-state index contributed by atoms with van der Waals surface area (Å²) < 4.78 is 7.89. The molecule has 0 radical (unpaired) electrons. The minimum atomic E-state index is 0.347. The first-order valence-corrected chi connectivity index (χ1v) is 10.7. The van der Waals surface area contributed by atoms with Gasteiger partial charge in [-0.25, -0.2) is 0 Å². The van der Waals surface area contributed by atoms with Crippen LogP contribution in [0, 0.1) is 0 Å². The number of benzene rings is 2. The SMILES string of the molecule is C=CCn1c(COc2ccc(CC)cc2)nnc1SCc1ccc(Cl)c(Cl)c1. The van der Waals surface area contributed by atoms with Crippen LogP contribution in [0.15, 0.2) is 60.3 Å². The van der Waals surface area contributed by atoms with Crippen LogP contribution in [-0.2, 0) is 25.3 Å². The Hall–Kier alpha value is -1.95. The Morgan fingerprint density at radius 2 is 1.82 bits per heavy atom. The fourth-order valence-corrected chi connectivity index (χ4v) is 3.82. The molecule has 0 aliphatic carbocycles. The van der Waals surface area contributed by atoms with Crippen molar-refractivity contribution in [2.75, 3.05) is 0 Å². The van der Waals surface area contributed by atoms with Crippen LogP contribution < -0.4 is 4.74 Å². The summed E-state index contributed by atoms with van der Waals surface area (Å²) in [6.07, 6.45) is 2.83. The van der Waals surface area contributed by atoms with E-state index in [-0.39, 0.29) is 0 Å². The summed E-state index contributed by atoms with van der Waals surface area (Å²) in [6, 6.07) is 13.7. The van der Waals surface area contributed by atoms with E-state index in [1.807, 2.05) is 34.9 Å². The van der Waals surface area contributed by atoms with Crippen LogP contribution in [0.2, 0.25) is 10.0 Å². The van der Waals surface area contributed by atoms with Crippen molar-refractivity contribution in [3.8, 4) is 5.75 Å². The second kappa shape index (κ2) is 10.0. The van der Waals surface area contributed by atoms with Crippen molar-refractivity contribution in [2.24, 2.45) is 0 Å². The first kappa shape index (κ1) is 20.8. The molecule has 0 fully saturated rings. The summed E-state index contributed by atoms with van der Waals surface area (Å²) in [4.78, 5) is 0. The summed E-state index contributed by atoms with van der Waals surface area (Å²) in [5, 5.41) is 10.5. The van der Waals surface area contributed by atoms with E-state index in [0.29, 0.717) is 28.9 Å². The van der Waals surface area contributed by atoms with Crippen molar-refractivity contribution >= 4 is 35.0 Å². The van der Waals surface area contributed by atoms with Gasteiger partial charge in [0.15, 0.2) is 11.0 Å². The third kappa shape index (κ3) is 5.31. The molecule has 0 unspecified atom stereocenters. The van der Waals surface area contributed by atoms with E-state index >= 15 is 0 Å². The highest BCUT2D eigenvalue weighted by Gasteiger charge is 2.13. The molecule has 1 heterocycles. The zero-order chi connectivity index (χ0) is 19.9. The molecule has 146 valence electrons. The lowest BCUT2D eigenvalue weighted by atomic mass is 10.2. The third-order valence-corrected chi connectivity index (χ3v) is 5.93. The topological polar surface area (TPSA) is 39.9 Å². The minimum Gasteiger partial charge on any atom is -0.486 e. The fourth-order valence-electron chi connectivity index (χ4n) is 2.59. The van der Waals surface area contributed by atoms with E-state index in [2.05, 4.69) is 35.8 Å². The summed E-state index contributed by atoms with van der Waals surface area (Å²) in [5.41, 5.74) is 2.35. The maximum Gasteiger partial charge on any atom is 0.191 e. The molecular weight excluding hydrogens is 413 g/mol. The Balaban J connectivity index is 1.67. The molecule has 28 heavy (non-hydrogen) atoms. The monoisotopic (exact) mass is 433 g/mol. The fraction of sp³-hybridized carbons (Fsp3) is 0.238. The molecule has 0 saturated carbocycles. The lowest BCUT2D eigenvalue weighted by Gasteiger charge is -2.10. The predicted molar refractivity (Wildman–Crippen MR) is 116 cm³/mol. The Morgan fingerprint density at radius 1 is 1.07 bits per heavy atom. The van der Waals surface area contributed by atoms with Crippen LogP contribution in [0.25, 0.3) is 0 Å². The largest absolute Gasteiger partial charge is 0.486 e. The second-order valence-electron chi connectivity index (χ2n) is 6.12. The van der Waals surface area contributed by atoms with Crippen LogP contribution in [-0.4, -0.2) is 14.8 Å². The number of halogens is 2. The first-order valence-electron chi connectivity index (χ1n) is 8.92. The number of aromatic nitrogens is 3. The van der Waals surface area contributed by atoms with E-state index in [1.54, 1.807) is 17.8 Å². The van der Waals surface area contributed by atoms with Gasteiger partial charge in [-0.2, -0.15) is 0 Å². The number of nitrogens with zero attached hydrogens (tertiary/aromatic N) is 3. The van der Waals surface area contributed by atoms with E-state index < -0.39 is 0 Å². The normalized spacial score (nSPS) is 10.8. The average molecular weight is 434 g/mol. The predicted octanol–water partition coefficient (Wildman–Crippen LogP) is 6.20. The lowest BCUT2D eigenvalue weighted by molar-refractivity contribution is 0.289. The molecule has 0 bridgehead atoms. The molecule has 0 saturated heterocycles. The zero-order valence-corrected chi connectivity index (χ0v) is 17.9. The van der Waals surface area contributed by atoms with E-state index in [0.717, 1.165) is 28.7 Å². The maximum absolute atomic E-state index is 6.09. The van der Waals surface area contributed by atoms with E-state index in [4.69, 9.17) is 27.9 Å².